The molecule has 2 atom stereocenters. The van der Waals surface area contributed by atoms with Crippen LogP contribution in [0.2, 0.25) is 0 Å². The Kier molecular flexibility index (Phi) is 4.18. The molecule has 0 aromatic rings. The number of nitrogens with two attached hydrogens (primary N) is 4. The van der Waals surface area contributed by atoms with E-state index in [9.17, 15) is 9.59 Å². The van der Waals surface area contributed by atoms with E-state index in [2.05, 4.69) is 9.98 Å². The third-order valence-corrected chi connectivity index (χ3v) is 2.89. The van der Waals surface area contributed by atoms with Crippen molar-refractivity contribution in [3.05, 3.63) is 24.6 Å². The molecule has 8 N–H and O–H groups in total. The van der Waals surface area contributed by atoms with Gasteiger partial charge in [-0.3, -0.25) is 11.5 Å². The molecule has 2 aliphatic heterocycles. The Bertz CT molecular complexity index is 621. The number of rotatable bonds is 2. The Labute approximate surface area is 136 Å². The van der Waals surface area contributed by atoms with Gasteiger partial charge < -0.3 is 21.1 Å². The molecule has 2 heterocycles. The minimum Gasteiger partial charge on any atom is -0.384 e. The Balaban J connectivity index is 2.00. The largest absolute Gasteiger partial charge is 0.444 e. The van der Waals surface area contributed by atoms with E-state index in [0.717, 1.165) is 10.1 Å². The van der Waals surface area contributed by atoms with Crippen molar-refractivity contribution in [2.75, 3.05) is 0 Å². The summed E-state index contributed by atoms with van der Waals surface area (Å²) in [6, 6.07) is 0. The first-order valence-corrected chi connectivity index (χ1v) is 6.69. The molecule has 0 radical (unpaired) electrons. The third-order valence-electron chi connectivity index (χ3n) is 2.89. The summed E-state index contributed by atoms with van der Waals surface area (Å²) in [5, 5.41) is 1.72. The highest BCUT2D eigenvalue weighted by molar-refractivity contribution is 6.29. The second-order valence-electron chi connectivity index (χ2n) is 5.30. The highest BCUT2D eigenvalue weighted by Crippen LogP contribution is 2.18. The lowest BCUT2D eigenvalue weighted by Crippen LogP contribution is -2.55. The van der Waals surface area contributed by atoms with Crippen molar-refractivity contribution in [1.82, 2.24) is 10.1 Å². The van der Waals surface area contributed by atoms with E-state index in [0.29, 0.717) is 0 Å². The van der Waals surface area contributed by atoms with Gasteiger partial charge in [0.15, 0.2) is 0 Å². The number of amidine groups is 2. The monoisotopic (exact) mass is 338 g/mol. The van der Waals surface area contributed by atoms with Gasteiger partial charge in [-0.05, 0) is 26.0 Å². The predicted molar refractivity (Wildman–Crippen MR) is 82.6 cm³/mol. The number of aliphatic imine (C=N–C) groups is 2. The SMILES string of the molecule is CC1(N)N=C(N)C=CN1OC(=O)C(=O)ON1C=CC(N)=NC1(C)N. The van der Waals surface area contributed by atoms with Gasteiger partial charge in [0, 0.05) is 12.4 Å². The molecule has 2 aliphatic rings. The molecular formula is C12H18N8O4. The number of nitrogens with zero attached hydrogens (tertiary/aromatic N) is 4. The second-order valence-corrected chi connectivity index (χ2v) is 5.30. The standard InChI is InChI=1S/C12H18N8O4/c1-11(15)17-7(13)3-5-19(11)23-9(21)10(22)24-20-6-4-8(14)18-12(20,2)16/h3-6H,15-16H2,1-2H3,(H2,13,17)(H2,14,18). The van der Waals surface area contributed by atoms with Crippen LogP contribution in [0.15, 0.2) is 34.5 Å². The molecule has 0 aliphatic carbocycles. The van der Waals surface area contributed by atoms with E-state index < -0.39 is 23.5 Å². The van der Waals surface area contributed by atoms with Gasteiger partial charge in [-0.15, -0.1) is 0 Å². The van der Waals surface area contributed by atoms with Crippen molar-refractivity contribution in [2.24, 2.45) is 32.9 Å². The topological polar surface area (TPSA) is 188 Å². The fraction of sp³-hybridized carbons (Fsp3) is 0.333. The molecular weight excluding hydrogens is 320 g/mol. The molecule has 0 aromatic carbocycles. The van der Waals surface area contributed by atoms with Gasteiger partial charge in [-0.25, -0.2) is 19.6 Å². The minimum atomic E-state index is -1.47. The van der Waals surface area contributed by atoms with Crippen molar-refractivity contribution in [3.63, 3.8) is 0 Å². The van der Waals surface area contributed by atoms with Gasteiger partial charge in [-0.1, -0.05) is 0 Å². The first kappa shape index (κ1) is 17.2. The molecule has 0 saturated heterocycles. The molecule has 2 unspecified atom stereocenters. The number of hydrogen-bond donors (Lipinski definition) is 4. The molecule has 2 rings (SSSR count). The van der Waals surface area contributed by atoms with Crippen molar-refractivity contribution >= 4 is 23.6 Å². The first-order chi connectivity index (χ1) is 11.0. The van der Waals surface area contributed by atoms with Gasteiger partial charge >= 0.3 is 11.9 Å². The van der Waals surface area contributed by atoms with Crippen molar-refractivity contribution < 1.29 is 19.3 Å². The summed E-state index contributed by atoms with van der Waals surface area (Å²) in [5.41, 5.74) is 22.6. The molecule has 130 valence electrons. The van der Waals surface area contributed by atoms with Crippen LogP contribution in [0.25, 0.3) is 0 Å². The number of carbonyl (C=O) groups excluding carboxylic acids is 2. The maximum atomic E-state index is 11.9. The van der Waals surface area contributed by atoms with Crippen LogP contribution in [0, 0.1) is 0 Å². The summed E-state index contributed by atoms with van der Waals surface area (Å²) in [5.74, 6) is -5.36. The van der Waals surface area contributed by atoms with Crippen LogP contribution < -0.4 is 22.9 Å². The van der Waals surface area contributed by atoms with E-state index in [-0.39, 0.29) is 11.7 Å². The van der Waals surface area contributed by atoms with Gasteiger partial charge in [0.05, 0.1) is 0 Å². The summed E-state index contributed by atoms with van der Waals surface area (Å²) in [6.45, 7) is 2.84. The molecule has 0 spiro atoms. The molecule has 12 nitrogen and oxygen atoms in total. The molecule has 0 bridgehead atoms. The normalized spacial score (nSPS) is 29.0. The lowest BCUT2D eigenvalue weighted by Gasteiger charge is -2.35. The lowest BCUT2D eigenvalue weighted by atomic mass is 10.3. The zero-order chi connectivity index (χ0) is 18.1. The van der Waals surface area contributed by atoms with Crippen LogP contribution in [0.4, 0.5) is 0 Å². The average molecular weight is 338 g/mol. The first-order valence-electron chi connectivity index (χ1n) is 6.69. The maximum Gasteiger partial charge on any atom is 0.444 e. The Morgan fingerprint density at radius 3 is 1.54 bits per heavy atom. The summed E-state index contributed by atoms with van der Waals surface area (Å²) in [6.07, 6.45) is 5.20. The van der Waals surface area contributed by atoms with E-state index >= 15 is 0 Å². The van der Waals surface area contributed by atoms with E-state index in [1.165, 1.54) is 38.4 Å². The zero-order valence-corrected chi connectivity index (χ0v) is 13.0. The maximum absolute atomic E-state index is 11.9. The van der Waals surface area contributed by atoms with Gasteiger partial charge in [0.1, 0.15) is 11.7 Å². The van der Waals surface area contributed by atoms with Crippen LogP contribution in [0.1, 0.15) is 13.8 Å². The van der Waals surface area contributed by atoms with Crippen LogP contribution >= 0.6 is 0 Å². The summed E-state index contributed by atoms with van der Waals surface area (Å²) >= 11 is 0. The quantitative estimate of drug-likeness (QED) is 0.393. The van der Waals surface area contributed by atoms with Crippen LogP contribution in [0.3, 0.4) is 0 Å². The van der Waals surface area contributed by atoms with E-state index in [4.69, 9.17) is 32.6 Å². The number of hydroxylamine groups is 4. The Morgan fingerprint density at radius 2 is 1.25 bits per heavy atom. The smallest absolute Gasteiger partial charge is 0.384 e. The van der Waals surface area contributed by atoms with Gasteiger partial charge in [-0.2, -0.15) is 10.1 Å². The average Bonchev–Trinajstić information content (AvgIpc) is 2.43. The van der Waals surface area contributed by atoms with Crippen LogP contribution in [-0.2, 0) is 19.3 Å². The fourth-order valence-electron chi connectivity index (χ4n) is 1.78. The number of hydrogen-bond acceptors (Lipinski definition) is 12. The summed E-state index contributed by atoms with van der Waals surface area (Å²) in [4.78, 5) is 41.2. The van der Waals surface area contributed by atoms with Gasteiger partial charge in [0.2, 0.25) is 11.6 Å². The van der Waals surface area contributed by atoms with E-state index in [1.54, 1.807) is 0 Å². The lowest BCUT2D eigenvalue weighted by molar-refractivity contribution is -0.226. The molecule has 0 amide bonds. The molecule has 0 saturated carbocycles. The predicted octanol–water partition coefficient (Wildman–Crippen LogP) is -2.46. The molecule has 24 heavy (non-hydrogen) atoms. The van der Waals surface area contributed by atoms with E-state index in [1.807, 2.05) is 0 Å². The van der Waals surface area contributed by atoms with Gasteiger partial charge in [0.25, 0.3) is 0 Å². The molecule has 0 fully saturated rings. The summed E-state index contributed by atoms with van der Waals surface area (Å²) in [7, 11) is 0. The Morgan fingerprint density at radius 1 is 0.917 bits per heavy atom. The number of carbonyl (C=O) groups is 2. The highest BCUT2D eigenvalue weighted by atomic mass is 16.8. The van der Waals surface area contributed by atoms with Crippen molar-refractivity contribution in [3.8, 4) is 0 Å². The zero-order valence-electron chi connectivity index (χ0n) is 13.0. The third kappa shape index (κ3) is 3.61. The van der Waals surface area contributed by atoms with Crippen molar-refractivity contribution in [1.29, 1.82) is 0 Å². The molecule has 0 aromatic heterocycles. The van der Waals surface area contributed by atoms with Crippen LogP contribution in [-0.4, -0.2) is 45.3 Å². The Hall–Kier alpha value is -3.12. The minimum absolute atomic E-state index is 0.141. The molecule has 12 heteroatoms. The second kappa shape index (κ2) is 5.82. The van der Waals surface area contributed by atoms with Crippen LogP contribution in [0.5, 0.6) is 0 Å². The highest BCUT2D eigenvalue weighted by Gasteiger charge is 2.36. The summed E-state index contributed by atoms with van der Waals surface area (Å²) < 4.78 is 0. The fourth-order valence-corrected chi connectivity index (χ4v) is 1.78. The van der Waals surface area contributed by atoms with Crippen molar-refractivity contribution in [2.45, 2.75) is 25.4 Å².